The molecule has 1 unspecified atom stereocenters. The summed E-state index contributed by atoms with van der Waals surface area (Å²) < 4.78 is 4.09. The number of rotatable bonds is 6. The minimum Gasteiger partial charge on any atom is -0.357 e. The Morgan fingerprint density at radius 1 is 1.42 bits per heavy atom. The molecule has 142 valence electrons. The predicted molar refractivity (Wildman–Crippen MR) is 104 cm³/mol. The topological polar surface area (TPSA) is 63.3 Å². The van der Waals surface area contributed by atoms with Crippen molar-refractivity contribution in [2.45, 2.75) is 46.2 Å². The molecule has 1 atom stereocenters. The number of aryl methyl sites for hydroxylation is 1. The normalized spacial score (nSPS) is 18.1. The summed E-state index contributed by atoms with van der Waals surface area (Å²) in [6, 6.07) is 0. The van der Waals surface area contributed by atoms with Crippen LogP contribution in [-0.4, -0.2) is 49.8 Å². The third-order valence-electron chi connectivity index (χ3n) is 4.75. The maximum absolute atomic E-state index is 4.87. The van der Waals surface area contributed by atoms with E-state index in [1.807, 2.05) is 30.3 Å². The SMILES string of the molecule is CCNC(=NCc1nccn1CC(C)C)N1CCC(c2cnn(C)c2)C1. The van der Waals surface area contributed by atoms with E-state index in [2.05, 4.69) is 51.8 Å². The summed E-state index contributed by atoms with van der Waals surface area (Å²) in [5.74, 6) is 3.13. The number of aliphatic imine (C=N–C) groups is 1. The minimum atomic E-state index is 0.524. The fraction of sp³-hybridized carbons (Fsp3) is 0.632. The van der Waals surface area contributed by atoms with E-state index in [1.54, 1.807) is 0 Å². The van der Waals surface area contributed by atoms with Gasteiger partial charge in [-0.2, -0.15) is 5.10 Å². The molecule has 1 aliphatic heterocycles. The highest BCUT2D eigenvalue weighted by Gasteiger charge is 2.27. The first-order valence-electron chi connectivity index (χ1n) is 9.58. The Hall–Kier alpha value is -2.31. The van der Waals surface area contributed by atoms with Gasteiger partial charge in [0.1, 0.15) is 12.4 Å². The fourth-order valence-corrected chi connectivity index (χ4v) is 3.50. The second-order valence-corrected chi connectivity index (χ2v) is 7.44. The zero-order valence-electron chi connectivity index (χ0n) is 16.4. The van der Waals surface area contributed by atoms with Crippen LogP contribution in [0, 0.1) is 5.92 Å². The Kier molecular flexibility index (Phi) is 5.96. The number of imidazole rings is 1. The van der Waals surface area contributed by atoms with Crippen LogP contribution in [0.3, 0.4) is 0 Å². The first-order chi connectivity index (χ1) is 12.6. The summed E-state index contributed by atoms with van der Waals surface area (Å²) in [7, 11) is 1.97. The van der Waals surface area contributed by atoms with E-state index in [1.165, 1.54) is 5.56 Å². The molecule has 0 aliphatic carbocycles. The average Bonchev–Trinajstić information content (AvgIpc) is 3.32. The molecule has 3 heterocycles. The van der Waals surface area contributed by atoms with Crippen molar-refractivity contribution in [1.82, 2.24) is 29.5 Å². The highest BCUT2D eigenvalue weighted by atomic mass is 15.3. The van der Waals surface area contributed by atoms with Crippen molar-refractivity contribution < 1.29 is 0 Å². The first kappa shape index (κ1) is 18.5. The Bertz CT molecular complexity index is 728. The molecule has 0 saturated carbocycles. The summed E-state index contributed by atoms with van der Waals surface area (Å²) in [6.07, 6.45) is 9.17. The van der Waals surface area contributed by atoms with Crippen LogP contribution < -0.4 is 5.32 Å². The van der Waals surface area contributed by atoms with Gasteiger partial charge in [0.2, 0.25) is 0 Å². The Morgan fingerprint density at radius 2 is 2.27 bits per heavy atom. The molecule has 0 aromatic carbocycles. The smallest absolute Gasteiger partial charge is 0.194 e. The van der Waals surface area contributed by atoms with Gasteiger partial charge in [0, 0.05) is 57.7 Å². The third-order valence-corrected chi connectivity index (χ3v) is 4.75. The number of guanidine groups is 1. The Labute approximate surface area is 156 Å². The zero-order chi connectivity index (χ0) is 18.5. The van der Waals surface area contributed by atoms with Gasteiger partial charge in [-0.25, -0.2) is 9.98 Å². The van der Waals surface area contributed by atoms with Crippen LogP contribution in [0.4, 0.5) is 0 Å². The number of likely N-dealkylation sites (tertiary alicyclic amines) is 1. The molecular weight excluding hydrogens is 326 g/mol. The second kappa shape index (κ2) is 8.38. The lowest BCUT2D eigenvalue weighted by Gasteiger charge is -2.21. The molecule has 1 saturated heterocycles. The molecule has 2 aromatic heterocycles. The summed E-state index contributed by atoms with van der Waals surface area (Å²) in [5.41, 5.74) is 1.32. The molecular formula is C19H31N7. The van der Waals surface area contributed by atoms with Gasteiger partial charge in [-0.3, -0.25) is 4.68 Å². The van der Waals surface area contributed by atoms with E-state index < -0.39 is 0 Å². The second-order valence-electron chi connectivity index (χ2n) is 7.44. The van der Waals surface area contributed by atoms with Crippen molar-refractivity contribution in [3.05, 3.63) is 36.2 Å². The van der Waals surface area contributed by atoms with E-state index >= 15 is 0 Å². The molecule has 1 N–H and O–H groups in total. The highest BCUT2D eigenvalue weighted by Crippen LogP contribution is 2.26. The van der Waals surface area contributed by atoms with Gasteiger partial charge in [0.05, 0.1) is 6.20 Å². The van der Waals surface area contributed by atoms with E-state index in [4.69, 9.17) is 4.99 Å². The average molecular weight is 358 g/mol. The highest BCUT2D eigenvalue weighted by molar-refractivity contribution is 5.80. The Balaban J connectivity index is 1.67. The molecule has 7 nitrogen and oxygen atoms in total. The fourth-order valence-electron chi connectivity index (χ4n) is 3.50. The minimum absolute atomic E-state index is 0.524. The van der Waals surface area contributed by atoms with Gasteiger partial charge >= 0.3 is 0 Å². The number of hydrogen-bond donors (Lipinski definition) is 1. The van der Waals surface area contributed by atoms with Crippen LogP contribution in [0.15, 0.2) is 29.8 Å². The Morgan fingerprint density at radius 3 is 2.96 bits per heavy atom. The van der Waals surface area contributed by atoms with Gasteiger partial charge in [-0.1, -0.05) is 13.8 Å². The summed E-state index contributed by atoms with van der Waals surface area (Å²) >= 11 is 0. The molecule has 0 bridgehead atoms. The molecule has 0 amide bonds. The first-order valence-corrected chi connectivity index (χ1v) is 9.58. The maximum Gasteiger partial charge on any atom is 0.194 e. The number of aromatic nitrogens is 4. The van der Waals surface area contributed by atoms with E-state index in [-0.39, 0.29) is 0 Å². The van der Waals surface area contributed by atoms with Crippen molar-refractivity contribution in [3.8, 4) is 0 Å². The number of hydrogen-bond acceptors (Lipinski definition) is 3. The largest absolute Gasteiger partial charge is 0.357 e. The third kappa shape index (κ3) is 4.45. The van der Waals surface area contributed by atoms with E-state index in [9.17, 15) is 0 Å². The number of nitrogens with one attached hydrogen (secondary N) is 1. The summed E-state index contributed by atoms with van der Waals surface area (Å²) in [5, 5.41) is 7.75. The zero-order valence-corrected chi connectivity index (χ0v) is 16.4. The quantitative estimate of drug-likeness (QED) is 0.636. The molecule has 26 heavy (non-hydrogen) atoms. The van der Waals surface area contributed by atoms with E-state index in [0.717, 1.165) is 44.4 Å². The monoisotopic (exact) mass is 357 g/mol. The van der Waals surface area contributed by atoms with Crippen molar-refractivity contribution in [3.63, 3.8) is 0 Å². The molecule has 0 radical (unpaired) electrons. The van der Waals surface area contributed by atoms with Crippen molar-refractivity contribution in [2.24, 2.45) is 18.0 Å². The van der Waals surface area contributed by atoms with Crippen molar-refractivity contribution in [2.75, 3.05) is 19.6 Å². The number of nitrogens with zero attached hydrogens (tertiary/aromatic N) is 6. The van der Waals surface area contributed by atoms with Crippen LogP contribution in [0.25, 0.3) is 0 Å². The lowest BCUT2D eigenvalue weighted by atomic mass is 10.0. The van der Waals surface area contributed by atoms with Crippen LogP contribution in [0.2, 0.25) is 0 Å². The lowest BCUT2D eigenvalue weighted by Crippen LogP contribution is -2.40. The van der Waals surface area contributed by atoms with Gasteiger partial charge in [-0.05, 0) is 24.8 Å². The summed E-state index contributed by atoms with van der Waals surface area (Å²) in [6.45, 7) is 11.0. The van der Waals surface area contributed by atoms with E-state index in [0.29, 0.717) is 18.4 Å². The van der Waals surface area contributed by atoms with Crippen molar-refractivity contribution in [1.29, 1.82) is 0 Å². The van der Waals surface area contributed by atoms with Gasteiger partial charge in [0.25, 0.3) is 0 Å². The van der Waals surface area contributed by atoms with Gasteiger partial charge < -0.3 is 14.8 Å². The standard InChI is InChI=1S/C19H31N7/c1-5-20-19(22-11-18-21-7-9-25(18)12-15(2)3)26-8-6-16(14-26)17-10-23-24(4)13-17/h7,9-10,13,15-16H,5-6,8,11-12,14H2,1-4H3,(H,20,22). The molecule has 2 aromatic rings. The van der Waals surface area contributed by atoms with Crippen LogP contribution in [0.1, 0.15) is 44.5 Å². The molecule has 3 rings (SSSR count). The van der Waals surface area contributed by atoms with Crippen LogP contribution >= 0.6 is 0 Å². The maximum atomic E-state index is 4.87. The molecule has 1 fully saturated rings. The summed E-state index contributed by atoms with van der Waals surface area (Å²) in [4.78, 5) is 11.7. The molecule has 0 spiro atoms. The van der Waals surface area contributed by atoms with Crippen LogP contribution in [0.5, 0.6) is 0 Å². The molecule has 1 aliphatic rings. The molecule has 7 heteroatoms. The predicted octanol–water partition coefficient (Wildman–Crippen LogP) is 2.23. The van der Waals surface area contributed by atoms with Crippen molar-refractivity contribution >= 4 is 5.96 Å². The van der Waals surface area contributed by atoms with Gasteiger partial charge in [0.15, 0.2) is 5.96 Å². The van der Waals surface area contributed by atoms with Crippen LogP contribution in [-0.2, 0) is 20.1 Å². The lowest BCUT2D eigenvalue weighted by molar-refractivity contribution is 0.482. The van der Waals surface area contributed by atoms with Gasteiger partial charge in [-0.15, -0.1) is 0 Å².